The Bertz CT molecular complexity index is 207. The Hall–Kier alpha value is -1.16. The fourth-order valence-corrected chi connectivity index (χ4v) is 1.09. The number of aromatic nitrogens is 3. The van der Waals surface area contributed by atoms with E-state index in [1.807, 2.05) is 17.8 Å². The molecular weight excluding hydrogens is 170 g/mol. The molecule has 1 aliphatic rings. The molecule has 0 spiro atoms. The molecular formula is C8H9N3S. The minimum atomic E-state index is 1.15. The molecule has 0 saturated carbocycles. The number of hydrogen-bond acceptors (Lipinski definition) is 4. The molecule has 0 atom stereocenters. The van der Waals surface area contributed by atoms with Crippen molar-refractivity contribution in [2.75, 3.05) is 5.75 Å². The fraction of sp³-hybridized carbons (Fsp3) is 0.125. The van der Waals surface area contributed by atoms with Crippen LogP contribution in [0.25, 0.3) is 0 Å². The second kappa shape index (κ2) is 6.54. The van der Waals surface area contributed by atoms with Crippen LogP contribution in [0.4, 0.5) is 0 Å². The van der Waals surface area contributed by atoms with Gasteiger partial charge >= 0.3 is 0 Å². The van der Waals surface area contributed by atoms with Gasteiger partial charge in [-0.25, -0.2) is 0 Å². The zero-order valence-corrected chi connectivity index (χ0v) is 7.31. The molecule has 2 rings (SSSR count). The third-order valence-electron chi connectivity index (χ3n) is 1.02. The number of thioether (sulfide) groups is 1. The Morgan fingerprint density at radius 1 is 1.08 bits per heavy atom. The van der Waals surface area contributed by atoms with Crippen molar-refractivity contribution in [3.63, 3.8) is 0 Å². The maximum atomic E-state index is 3.42. The summed E-state index contributed by atoms with van der Waals surface area (Å²) in [6.45, 7) is 0. The highest BCUT2D eigenvalue weighted by Crippen LogP contribution is 2.05. The smallest absolute Gasteiger partial charge is 0.0529 e. The third kappa shape index (κ3) is 4.62. The highest BCUT2D eigenvalue weighted by atomic mass is 32.2. The van der Waals surface area contributed by atoms with Gasteiger partial charge in [0.1, 0.15) is 0 Å². The second-order valence-electron chi connectivity index (χ2n) is 1.90. The Kier molecular flexibility index (Phi) is 4.87. The molecule has 0 amide bonds. The van der Waals surface area contributed by atoms with E-state index < -0.39 is 0 Å². The van der Waals surface area contributed by atoms with Crippen molar-refractivity contribution in [3.05, 3.63) is 42.1 Å². The van der Waals surface area contributed by atoms with E-state index in [9.17, 15) is 0 Å². The van der Waals surface area contributed by atoms with Gasteiger partial charge in [-0.05, 0) is 16.7 Å². The first-order valence-electron chi connectivity index (χ1n) is 3.52. The summed E-state index contributed by atoms with van der Waals surface area (Å²) in [4.78, 5) is 0. The molecule has 1 aromatic rings. The first kappa shape index (κ1) is 8.93. The van der Waals surface area contributed by atoms with Crippen LogP contribution in [-0.4, -0.2) is 21.2 Å². The molecule has 0 saturated heterocycles. The summed E-state index contributed by atoms with van der Waals surface area (Å²) in [7, 11) is 0. The molecule has 0 bridgehead atoms. The van der Waals surface area contributed by atoms with E-state index >= 15 is 0 Å². The molecule has 0 fully saturated rings. The van der Waals surface area contributed by atoms with Crippen LogP contribution >= 0.6 is 11.8 Å². The molecule has 4 heteroatoms. The summed E-state index contributed by atoms with van der Waals surface area (Å²) in [5.74, 6) is 1.15. The van der Waals surface area contributed by atoms with Gasteiger partial charge in [0.2, 0.25) is 0 Å². The van der Waals surface area contributed by atoms with Crippen molar-refractivity contribution in [3.8, 4) is 0 Å². The molecule has 3 nitrogen and oxygen atoms in total. The van der Waals surface area contributed by atoms with E-state index in [1.54, 1.807) is 18.5 Å². The molecule has 62 valence electrons. The van der Waals surface area contributed by atoms with Crippen LogP contribution in [0.5, 0.6) is 0 Å². The van der Waals surface area contributed by atoms with Crippen molar-refractivity contribution in [2.24, 2.45) is 0 Å². The van der Waals surface area contributed by atoms with Gasteiger partial charge < -0.3 is 0 Å². The van der Waals surface area contributed by atoms with Crippen molar-refractivity contribution in [1.82, 2.24) is 15.4 Å². The standard InChI is InChI=1S/C5H6S.C3H3N3/c2*1-2-4-6-5-3-1/h1-4H,5H2;1-3H. The number of allylic oxidation sites excluding steroid dienone is 2. The van der Waals surface area contributed by atoms with E-state index in [2.05, 4.69) is 33.0 Å². The van der Waals surface area contributed by atoms with Crippen LogP contribution in [-0.2, 0) is 0 Å². The van der Waals surface area contributed by atoms with Gasteiger partial charge in [0.25, 0.3) is 0 Å². The lowest BCUT2D eigenvalue weighted by Crippen LogP contribution is -1.78. The zero-order chi connectivity index (χ0) is 8.49. The van der Waals surface area contributed by atoms with Crippen LogP contribution in [0.15, 0.2) is 42.1 Å². The molecule has 12 heavy (non-hydrogen) atoms. The second-order valence-corrected chi connectivity index (χ2v) is 2.84. The molecule has 0 aromatic carbocycles. The lowest BCUT2D eigenvalue weighted by Gasteiger charge is -1.88. The summed E-state index contributed by atoms with van der Waals surface area (Å²) in [5.41, 5.74) is 0. The number of rotatable bonds is 0. The van der Waals surface area contributed by atoms with Crippen molar-refractivity contribution < 1.29 is 0 Å². The summed E-state index contributed by atoms with van der Waals surface area (Å²) in [5, 5.41) is 12.2. The van der Waals surface area contributed by atoms with Crippen LogP contribution in [0.1, 0.15) is 0 Å². The van der Waals surface area contributed by atoms with E-state index in [0.717, 1.165) is 5.75 Å². The van der Waals surface area contributed by atoms with E-state index in [-0.39, 0.29) is 0 Å². The number of nitrogens with zero attached hydrogens (tertiary/aromatic N) is 3. The normalized spacial score (nSPS) is 13.3. The Morgan fingerprint density at radius 2 is 1.92 bits per heavy atom. The first-order chi connectivity index (χ1) is 6.00. The highest BCUT2D eigenvalue weighted by Gasteiger charge is 1.77. The van der Waals surface area contributed by atoms with Crippen molar-refractivity contribution >= 4 is 11.8 Å². The van der Waals surface area contributed by atoms with Crippen molar-refractivity contribution in [2.45, 2.75) is 0 Å². The molecule has 1 aromatic heterocycles. The molecule has 1 aliphatic heterocycles. The third-order valence-corrected chi connectivity index (χ3v) is 1.76. The van der Waals surface area contributed by atoms with Gasteiger partial charge in [-0.3, -0.25) is 0 Å². The average molecular weight is 179 g/mol. The predicted octanol–water partition coefficient (Wildman–Crippen LogP) is 1.67. The molecule has 0 radical (unpaired) electrons. The summed E-state index contributed by atoms with van der Waals surface area (Å²) >= 11 is 1.83. The molecule has 0 N–H and O–H groups in total. The van der Waals surface area contributed by atoms with Gasteiger partial charge in [-0.2, -0.15) is 0 Å². The molecule has 0 aliphatic carbocycles. The van der Waals surface area contributed by atoms with E-state index in [0.29, 0.717) is 0 Å². The minimum Gasteiger partial charge on any atom is -0.139 e. The monoisotopic (exact) mass is 179 g/mol. The van der Waals surface area contributed by atoms with Crippen molar-refractivity contribution in [1.29, 1.82) is 0 Å². The van der Waals surface area contributed by atoms with Gasteiger partial charge in [-0.15, -0.1) is 22.0 Å². The van der Waals surface area contributed by atoms with Crippen LogP contribution < -0.4 is 0 Å². The van der Waals surface area contributed by atoms with Crippen LogP contribution in [0.3, 0.4) is 0 Å². The number of hydrogen-bond donors (Lipinski definition) is 0. The SMILES string of the molecule is C1=CCSC=C1.c1cnnnc1. The van der Waals surface area contributed by atoms with E-state index in [1.165, 1.54) is 0 Å². The maximum absolute atomic E-state index is 3.42. The van der Waals surface area contributed by atoms with Gasteiger partial charge in [-0.1, -0.05) is 18.2 Å². The van der Waals surface area contributed by atoms with Crippen LogP contribution in [0, 0.1) is 0 Å². The summed E-state index contributed by atoms with van der Waals surface area (Å²) in [6, 6.07) is 1.72. The summed E-state index contributed by atoms with van der Waals surface area (Å²) in [6.07, 6.45) is 9.41. The molecule has 0 unspecified atom stereocenters. The fourth-order valence-electron chi connectivity index (χ4n) is 0.551. The topological polar surface area (TPSA) is 38.7 Å². The lowest BCUT2D eigenvalue weighted by atomic mass is 10.5. The zero-order valence-electron chi connectivity index (χ0n) is 6.50. The van der Waals surface area contributed by atoms with Gasteiger partial charge in [0.15, 0.2) is 0 Å². The van der Waals surface area contributed by atoms with Gasteiger partial charge in [0, 0.05) is 5.75 Å². The summed E-state index contributed by atoms with van der Waals surface area (Å²) < 4.78 is 0. The Morgan fingerprint density at radius 3 is 2.08 bits per heavy atom. The Balaban J connectivity index is 0.000000120. The first-order valence-corrected chi connectivity index (χ1v) is 4.56. The lowest BCUT2D eigenvalue weighted by molar-refractivity contribution is 0.865. The molecule has 2 heterocycles. The Labute approximate surface area is 75.6 Å². The quantitative estimate of drug-likeness (QED) is 0.607. The largest absolute Gasteiger partial charge is 0.139 e. The maximum Gasteiger partial charge on any atom is 0.0529 e. The average Bonchev–Trinajstić information content (AvgIpc) is 2.24. The minimum absolute atomic E-state index is 1.15. The van der Waals surface area contributed by atoms with Gasteiger partial charge in [0.05, 0.1) is 12.4 Å². The predicted molar refractivity (Wildman–Crippen MR) is 50.6 cm³/mol. The highest BCUT2D eigenvalue weighted by molar-refractivity contribution is 8.02. The van der Waals surface area contributed by atoms with E-state index in [4.69, 9.17) is 0 Å². The van der Waals surface area contributed by atoms with Crippen LogP contribution in [0.2, 0.25) is 0 Å².